The molecule has 0 fully saturated rings. The van der Waals surface area contributed by atoms with E-state index in [4.69, 9.17) is 4.52 Å². The van der Waals surface area contributed by atoms with E-state index in [2.05, 4.69) is 10.1 Å². The van der Waals surface area contributed by atoms with Crippen molar-refractivity contribution < 1.29 is 13.7 Å². The molecular weight excluding hydrogens is 323 g/mol. The standard InChI is InChI=1S/C18H17FN4O2/c1-12(23-8-6-20-11-23)18(24)22-7-5-16-15(10-22)17(21-25-16)13-3-2-4-14(19)9-13/h2-4,6,8-9,11-12H,5,7,10H2,1H3/t12-/m0/s1. The summed E-state index contributed by atoms with van der Waals surface area (Å²) in [6, 6.07) is 5.90. The molecule has 0 aliphatic carbocycles. The number of rotatable bonds is 3. The highest BCUT2D eigenvalue weighted by molar-refractivity contribution is 5.80. The number of hydrogen-bond acceptors (Lipinski definition) is 4. The Morgan fingerprint density at radius 1 is 1.40 bits per heavy atom. The van der Waals surface area contributed by atoms with E-state index in [0.29, 0.717) is 30.8 Å². The molecule has 2 aromatic heterocycles. The summed E-state index contributed by atoms with van der Waals surface area (Å²) >= 11 is 0. The predicted octanol–water partition coefficient (Wildman–Crippen LogP) is 2.82. The van der Waals surface area contributed by atoms with Crippen molar-refractivity contribution in [1.82, 2.24) is 19.6 Å². The van der Waals surface area contributed by atoms with Gasteiger partial charge in [-0.15, -0.1) is 0 Å². The van der Waals surface area contributed by atoms with Crippen molar-refractivity contribution in [3.63, 3.8) is 0 Å². The Labute approximate surface area is 143 Å². The van der Waals surface area contributed by atoms with Crippen molar-refractivity contribution in [3.8, 4) is 11.3 Å². The topological polar surface area (TPSA) is 64.2 Å². The van der Waals surface area contributed by atoms with Crippen LogP contribution in [-0.4, -0.2) is 32.1 Å². The summed E-state index contributed by atoms with van der Waals surface area (Å²) in [6.07, 6.45) is 5.66. The fourth-order valence-electron chi connectivity index (χ4n) is 3.15. The molecule has 1 aliphatic heterocycles. The lowest BCUT2D eigenvalue weighted by atomic mass is 10.0. The molecule has 7 heteroatoms. The molecule has 3 aromatic rings. The molecule has 0 saturated carbocycles. The second-order valence-corrected chi connectivity index (χ2v) is 6.14. The highest BCUT2D eigenvalue weighted by Gasteiger charge is 2.30. The van der Waals surface area contributed by atoms with Crippen LogP contribution in [0.5, 0.6) is 0 Å². The molecule has 0 unspecified atom stereocenters. The van der Waals surface area contributed by atoms with Crippen LogP contribution in [-0.2, 0) is 17.8 Å². The first-order valence-corrected chi connectivity index (χ1v) is 8.13. The van der Waals surface area contributed by atoms with E-state index in [-0.39, 0.29) is 17.8 Å². The zero-order valence-electron chi connectivity index (χ0n) is 13.7. The molecule has 1 amide bonds. The van der Waals surface area contributed by atoms with Gasteiger partial charge in [0, 0.05) is 36.5 Å². The van der Waals surface area contributed by atoms with Gasteiger partial charge in [0.05, 0.1) is 12.9 Å². The Kier molecular flexibility index (Phi) is 3.83. The molecule has 3 heterocycles. The number of imidazole rings is 1. The Balaban J connectivity index is 1.61. The molecule has 6 nitrogen and oxygen atoms in total. The summed E-state index contributed by atoms with van der Waals surface area (Å²) in [6.45, 7) is 2.83. The Hall–Kier alpha value is -2.96. The molecule has 25 heavy (non-hydrogen) atoms. The van der Waals surface area contributed by atoms with Gasteiger partial charge in [0.15, 0.2) is 0 Å². The maximum Gasteiger partial charge on any atom is 0.245 e. The molecule has 128 valence electrons. The molecule has 0 spiro atoms. The first-order valence-electron chi connectivity index (χ1n) is 8.13. The van der Waals surface area contributed by atoms with Gasteiger partial charge in [0.1, 0.15) is 23.3 Å². The molecule has 1 aromatic carbocycles. The van der Waals surface area contributed by atoms with Gasteiger partial charge in [-0.1, -0.05) is 17.3 Å². The number of fused-ring (bicyclic) bond motifs is 1. The van der Waals surface area contributed by atoms with Gasteiger partial charge in [-0.05, 0) is 19.1 Å². The van der Waals surface area contributed by atoms with Crippen LogP contribution in [0, 0.1) is 5.82 Å². The number of amides is 1. The van der Waals surface area contributed by atoms with Crippen LogP contribution in [0.15, 0.2) is 47.5 Å². The first-order chi connectivity index (χ1) is 12.1. The summed E-state index contributed by atoms with van der Waals surface area (Å²) < 4.78 is 20.7. The zero-order valence-corrected chi connectivity index (χ0v) is 13.7. The average molecular weight is 340 g/mol. The van der Waals surface area contributed by atoms with Gasteiger partial charge in [0.2, 0.25) is 5.91 Å². The third-order valence-corrected chi connectivity index (χ3v) is 4.57. The first kappa shape index (κ1) is 15.6. The van der Waals surface area contributed by atoms with Crippen LogP contribution < -0.4 is 0 Å². The summed E-state index contributed by atoms with van der Waals surface area (Å²) in [5.41, 5.74) is 2.10. The van der Waals surface area contributed by atoms with E-state index in [0.717, 1.165) is 11.3 Å². The molecule has 0 bridgehead atoms. The molecular formula is C18H17FN4O2. The third-order valence-electron chi connectivity index (χ3n) is 4.57. The highest BCUT2D eigenvalue weighted by atomic mass is 19.1. The Bertz CT molecular complexity index is 904. The van der Waals surface area contributed by atoms with Crippen LogP contribution in [0.2, 0.25) is 0 Å². The monoisotopic (exact) mass is 340 g/mol. The van der Waals surface area contributed by atoms with E-state index in [1.54, 1.807) is 40.3 Å². The van der Waals surface area contributed by atoms with Crippen molar-refractivity contribution >= 4 is 5.91 Å². The van der Waals surface area contributed by atoms with E-state index < -0.39 is 0 Å². The fourth-order valence-corrected chi connectivity index (χ4v) is 3.15. The van der Waals surface area contributed by atoms with Crippen molar-refractivity contribution in [1.29, 1.82) is 0 Å². The largest absolute Gasteiger partial charge is 0.360 e. The van der Waals surface area contributed by atoms with Gasteiger partial charge >= 0.3 is 0 Å². The lowest BCUT2D eigenvalue weighted by Crippen LogP contribution is -2.39. The molecule has 0 saturated heterocycles. The maximum atomic E-state index is 13.5. The number of carbonyl (C=O) groups excluding carboxylic acids is 1. The van der Waals surface area contributed by atoms with Crippen LogP contribution in [0.3, 0.4) is 0 Å². The molecule has 0 radical (unpaired) electrons. The minimum atomic E-state index is -0.332. The predicted molar refractivity (Wildman–Crippen MR) is 88.0 cm³/mol. The van der Waals surface area contributed by atoms with Crippen molar-refractivity contribution in [2.45, 2.75) is 25.9 Å². The second-order valence-electron chi connectivity index (χ2n) is 6.14. The number of nitrogens with zero attached hydrogens (tertiary/aromatic N) is 4. The lowest BCUT2D eigenvalue weighted by Gasteiger charge is -2.29. The number of carbonyl (C=O) groups is 1. The van der Waals surface area contributed by atoms with Gasteiger partial charge in [0.25, 0.3) is 0 Å². The van der Waals surface area contributed by atoms with Crippen molar-refractivity contribution in [2.24, 2.45) is 0 Å². The number of benzene rings is 1. The normalized spacial score (nSPS) is 15.0. The fraction of sp³-hybridized carbons (Fsp3) is 0.278. The minimum Gasteiger partial charge on any atom is -0.360 e. The summed E-state index contributed by atoms with van der Waals surface area (Å²) in [7, 11) is 0. The van der Waals surface area contributed by atoms with E-state index in [1.807, 2.05) is 6.92 Å². The van der Waals surface area contributed by atoms with E-state index >= 15 is 0 Å². The smallest absolute Gasteiger partial charge is 0.245 e. The Morgan fingerprint density at radius 3 is 3.04 bits per heavy atom. The highest BCUT2D eigenvalue weighted by Crippen LogP contribution is 2.31. The van der Waals surface area contributed by atoms with Crippen LogP contribution in [0.25, 0.3) is 11.3 Å². The van der Waals surface area contributed by atoms with Gasteiger partial charge in [-0.25, -0.2) is 9.37 Å². The molecule has 4 rings (SSSR count). The van der Waals surface area contributed by atoms with Crippen LogP contribution in [0.4, 0.5) is 4.39 Å². The van der Waals surface area contributed by atoms with Crippen molar-refractivity contribution in [3.05, 3.63) is 60.1 Å². The minimum absolute atomic E-state index is 0.00930. The number of halogens is 1. The summed E-state index contributed by atoms with van der Waals surface area (Å²) in [5, 5.41) is 4.10. The summed E-state index contributed by atoms with van der Waals surface area (Å²) in [4.78, 5) is 18.6. The van der Waals surface area contributed by atoms with Crippen LogP contribution >= 0.6 is 0 Å². The molecule has 1 aliphatic rings. The number of hydrogen-bond donors (Lipinski definition) is 0. The molecule has 1 atom stereocenters. The molecule has 0 N–H and O–H groups in total. The Morgan fingerprint density at radius 2 is 2.28 bits per heavy atom. The van der Waals surface area contributed by atoms with Crippen molar-refractivity contribution in [2.75, 3.05) is 6.54 Å². The SMILES string of the molecule is C[C@@H](C(=O)N1CCc2onc(-c3cccc(F)c3)c2C1)n1ccnc1. The van der Waals surface area contributed by atoms with E-state index in [1.165, 1.54) is 12.1 Å². The van der Waals surface area contributed by atoms with Gasteiger partial charge in [-0.2, -0.15) is 0 Å². The summed E-state index contributed by atoms with van der Waals surface area (Å²) in [5.74, 6) is 0.445. The quantitative estimate of drug-likeness (QED) is 0.735. The zero-order chi connectivity index (χ0) is 17.4. The van der Waals surface area contributed by atoms with E-state index in [9.17, 15) is 9.18 Å². The second kappa shape index (κ2) is 6.16. The van der Waals surface area contributed by atoms with Gasteiger partial charge in [-0.3, -0.25) is 4.79 Å². The van der Waals surface area contributed by atoms with Crippen LogP contribution in [0.1, 0.15) is 24.3 Å². The van der Waals surface area contributed by atoms with Gasteiger partial charge < -0.3 is 14.0 Å². The third kappa shape index (κ3) is 2.82. The average Bonchev–Trinajstić information content (AvgIpc) is 3.29. The maximum absolute atomic E-state index is 13.5. The lowest BCUT2D eigenvalue weighted by molar-refractivity contribution is -0.135. The number of aromatic nitrogens is 3.